The summed E-state index contributed by atoms with van der Waals surface area (Å²) in [4.78, 5) is 25.0. The minimum absolute atomic E-state index is 0.00906. The van der Waals surface area contributed by atoms with E-state index in [0.717, 1.165) is 49.8 Å². The molecule has 0 aromatic heterocycles. The summed E-state index contributed by atoms with van der Waals surface area (Å²) in [6, 6.07) is 7.82. The van der Waals surface area contributed by atoms with Gasteiger partial charge in [-0.1, -0.05) is 89.9 Å². The normalized spacial score (nSPS) is 16.4. The molecule has 1 aliphatic rings. The van der Waals surface area contributed by atoms with Gasteiger partial charge in [0.2, 0.25) is 0 Å². The third kappa shape index (κ3) is 10.7. The van der Waals surface area contributed by atoms with Crippen molar-refractivity contribution in [2.75, 3.05) is 6.61 Å². The van der Waals surface area contributed by atoms with Crippen LogP contribution in [0.25, 0.3) is 11.1 Å². The number of hydrogen-bond acceptors (Lipinski definition) is 5. The molecule has 0 atom stereocenters. The number of aliphatic hydroxyl groups excluding tert-OH is 1. The minimum Gasteiger partial charge on any atom is -0.457 e. The van der Waals surface area contributed by atoms with E-state index in [4.69, 9.17) is 9.47 Å². The van der Waals surface area contributed by atoms with Crippen LogP contribution in [-0.2, 0) is 32.3 Å². The number of ether oxygens (including phenoxy) is 2. The van der Waals surface area contributed by atoms with Crippen LogP contribution < -0.4 is 5.19 Å². The molecule has 2 aromatic carbocycles. The molecule has 0 aliphatic heterocycles. The van der Waals surface area contributed by atoms with Gasteiger partial charge in [-0.25, -0.2) is 18.4 Å². The van der Waals surface area contributed by atoms with Gasteiger partial charge in [-0.05, 0) is 97.4 Å². The zero-order valence-electron chi connectivity index (χ0n) is 29.8. The highest BCUT2D eigenvalue weighted by Crippen LogP contribution is 2.40. The minimum atomic E-state index is -2.29. The van der Waals surface area contributed by atoms with Crippen molar-refractivity contribution in [3.63, 3.8) is 0 Å². The van der Waals surface area contributed by atoms with Gasteiger partial charge < -0.3 is 14.6 Å². The molecule has 264 valence electrons. The lowest BCUT2D eigenvalue weighted by molar-refractivity contribution is -0.140. The number of carbonyl (C=O) groups is 2. The summed E-state index contributed by atoms with van der Waals surface area (Å²) in [5.74, 6) is -2.16. The molecule has 48 heavy (non-hydrogen) atoms. The van der Waals surface area contributed by atoms with Crippen LogP contribution in [0.5, 0.6) is 0 Å². The van der Waals surface area contributed by atoms with Crippen molar-refractivity contribution in [3.05, 3.63) is 76.9 Å². The molecule has 1 saturated carbocycles. The molecule has 0 unspecified atom stereocenters. The standard InChI is InChI=1S/C40H56F2O5Si/c1-8-9-11-14-29-15-17-30(18-16-29)34-19-20-35(37(42)36(34)41)31-23-32(25-46-39(44)27(2)3)38(48(6,7)22-13-10-12-21-43)33(24-31)26-47-40(45)28(4)5/h19-20,23-24,29-30,43H,2,4,8-18,21-22,25-26H2,1,3,5-7H3. The smallest absolute Gasteiger partial charge is 0.333 e. The van der Waals surface area contributed by atoms with Gasteiger partial charge in [0.1, 0.15) is 13.2 Å². The second kappa shape index (κ2) is 18.6. The Morgan fingerprint density at radius 2 is 1.44 bits per heavy atom. The molecule has 0 radical (unpaired) electrons. The summed E-state index contributed by atoms with van der Waals surface area (Å²) in [5, 5.41) is 10.2. The van der Waals surface area contributed by atoms with E-state index in [0.29, 0.717) is 34.6 Å². The van der Waals surface area contributed by atoms with Crippen molar-refractivity contribution in [1.82, 2.24) is 0 Å². The second-order valence-corrected chi connectivity index (χ2v) is 19.1. The quantitative estimate of drug-likeness (QED) is 0.0734. The molecule has 3 rings (SSSR count). The Morgan fingerprint density at radius 3 is 1.96 bits per heavy atom. The molecule has 1 N–H and O–H groups in total. The number of hydrogen-bond donors (Lipinski definition) is 1. The number of halogens is 2. The van der Waals surface area contributed by atoms with Gasteiger partial charge in [-0.15, -0.1) is 0 Å². The zero-order valence-corrected chi connectivity index (χ0v) is 30.8. The molecule has 2 aromatic rings. The highest BCUT2D eigenvalue weighted by molar-refractivity contribution is 6.90. The van der Waals surface area contributed by atoms with Crippen LogP contribution in [0.4, 0.5) is 8.78 Å². The largest absolute Gasteiger partial charge is 0.457 e. The third-order valence-electron chi connectivity index (χ3n) is 9.78. The lowest BCUT2D eigenvalue weighted by atomic mass is 9.76. The Morgan fingerprint density at radius 1 is 0.854 bits per heavy atom. The molecular formula is C40H56F2O5Si. The summed E-state index contributed by atoms with van der Waals surface area (Å²) in [6.07, 6.45) is 11.1. The SMILES string of the molecule is C=C(C)C(=O)OCc1cc(-c2ccc(C3CCC(CCCCC)CC3)c(F)c2F)cc(COC(=O)C(=C)C)c1[Si](C)(C)CCCCCO. The van der Waals surface area contributed by atoms with Gasteiger partial charge >= 0.3 is 11.9 Å². The van der Waals surface area contributed by atoms with Crippen LogP contribution in [0.15, 0.2) is 48.6 Å². The second-order valence-electron chi connectivity index (χ2n) is 14.3. The summed E-state index contributed by atoms with van der Waals surface area (Å²) < 4.78 is 43.2. The van der Waals surface area contributed by atoms with E-state index in [1.165, 1.54) is 25.7 Å². The Bertz CT molecular complexity index is 1390. The average Bonchev–Trinajstić information content (AvgIpc) is 3.05. The zero-order chi connectivity index (χ0) is 35.4. The molecule has 8 heteroatoms. The number of aliphatic hydroxyl groups is 1. The van der Waals surface area contributed by atoms with Crippen molar-refractivity contribution in [2.45, 2.75) is 130 Å². The summed E-state index contributed by atoms with van der Waals surface area (Å²) in [6.45, 7) is 17.1. The number of esters is 2. The first-order valence-electron chi connectivity index (χ1n) is 17.7. The van der Waals surface area contributed by atoms with Crippen molar-refractivity contribution in [3.8, 4) is 11.1 Å². The van der Waals surface area contributed by atoms with Gasteiger partial charge in [0.25, 0.3) is 0 Å². The first-order chi connectivity index (χ1) is 22.8. The highest BCUT2D eigenvalue weighted by Gasteiger charge is 2.32. The van der Waals surface area contributed by atoms with Crippen molar-refractivity contribution >= 4 is 25.2 Å². The molecule has 0 saturated heterocycles. The van der Waals surface area contributed by atoms with Gasteiger partial charge in [-0.3, -0.25) is 0 Å². The number of unbranched alkanes of at least 4 members (excludes halogenated alkanes) is 4. The van der Waals surface area contributed by atoms with Crippen LogP contribution in [-0.4, -0.2) is 31.7 Å². The van der Waals surface area contributed by atoms with Crippen molar-refractivity contribution in [2.24, 2.45) is 5.92 Å². The summed E-state index contributed by atoms with van der Waals surface area (Å²) >= 11 is 0. The lowest BCUT2D eigenvalue weighted by Gasteiger charge is -2.30. The number of rotatable bonds is 18. The van der Waals surface area contributed by atoms with E-state index >= 15 is 8.78 Å². The fourth-order valence-electron chi connectivity index (χ4n) is 7.08. The first-order valence-corrected chi connectivity index (χ1v) is 20.9. The van der Waals surface area contributed by atoms with Gasteiger partial charge in [0, 0.05) is 23.3 Å². The van der Waals surface area contributed by atoms with Crippen LogP contribution in [0.1, 0.15) is 114 Å². The van der Waals surface area contributed by atoms with Crippen molar-refractivity contribution in [1.29, 1.82) is 0 Å². The van der Waals surface area contributed by atoms with Gasteiger partial charge in [0.15, 0.2) is 11.6 Å². The molecule has 1 aliphatic carbocycles. The molecule has 0 spiro atoms. The van der Waals surface area contributed by atoms with Gasteiger partial charge in [-0.2, -0.15) is 0 Å². The van der Waals surface area contributed by atoms with E-state index in [9.17, 15) is 14.7 Å². The molecule has 0 amide bonds. The Labute approximate surface area is 287 Å². The van der Waals surface area contributed by atoms with Crippen molar-refractivity contribution < 1.29 is 33.0 Å². The van der Waals surface area contributed by atoms with E-state index in [1.54, 1.807) is 38.1 Å². The topological polar surface area (TPSA) is 72.8 Å². The van der Waals surface area contributed by atoms with Crippen LogP contribution in [0.3, 0.4) is 0 Å². The highest BCUT2D eigenvalue weighted by atomic mass is 28.3. The average molecular weight is 683 g/mol. The Balaban J connectivity index is 2.06. The maximum Gasteiger partial charge on any atom is 0.333 e. The van der Waals surface area contributed by atoms with Crippen LogP contribution in [0.2, 0.25) is 19.1 Å². The molecule has 0 heterocycles. The lowest BCUT2D eigenvalue weighted by Crippen LogP contribution is -2.46. The number of carbonyl (C=O) groups excluding carboxylic acids is 2. The molecule has 0 bridgehead atoms. The van der Waals surface area contributed by atoms with Gasteiger partial charge in [0.05, 0.1) is 8.07 Å². The molecule has 1 fully saturated rings. The van der Waals surface area contributed by atoms with E-state index in [2.05, 4.69) is 33.2 Å². The predicted octanol–water partition coefficient (Wildman–Crippen LogP) is 9.80. The summed E-state index contributed by atoms with van der Waals surface area (Å²) in [7, 11) is -2.29. The fraction of sp³-hybridized carbons (Fsp3) is 0.550. The maximum atomic E-state index is 16.1. The first kappa shape index (κ1) is 39.3. The number of benzene rings is 2. The van der Waals surface area contributed by atoms with E-state index in [-0.39, 0.29) is 42.4 Å². The summed E-state index contributed by atoms with van der Waals surface area (Å²) in [5.41, 5.74) is 2.82. The molecular weight excluding hydrogens is 627 g/mol. The monoisotopic (exact) mass is 682 g/mol. The fourth-order valence-corrected chi connectivity index (χ4v) is 10.5. The third-order valence-corrected chi connectivity index (χ3v) is 13.4. The Kier molecular flexibility index (Phi) is 15.2. The van der Waals surface area contributed by atoms with Crippen LogP contribution >= 0.6 is 0 Å². The van der Waals surface area contributed by atoms with Crippen LogP contribution in [0, 0.1) is 17.6 Å². The predicted molar refractivity (Wildman–Crippen MR) is 193 cm³/mol. The molecule has 5 nitrogen and oxygen atoms in total. The van der Waals surface area contributed by atoms with E-state index in [1.807, 2.05) is 0 Å². The van der Waals surface area contributed by atoms with E-state index < -0.39 is 31.6 Å². The maximum absolute atomic E-state index is 16.1. The Hall–Kier alpha value is -3.10.